The van der Waals surface area contributed by atoms with E-state index in [-0.39, 0.29) is 5.82 Å². The van der Waals surface area contributed by atoms with Gasteiger partial charge in [-0.25, -0.2) is 4.39 Å². The molecule has 3 rings (SSSR count). The van der Waals surface area contributed by atoms with E-state index in [0.29, 0.717) is 29.1 Å². The lowest BCUT2D eigenvalue weighted by Crippen LogP contribution is -2.26. The molecule has 1 aromatic heterocycles. The van der Waals surface area contributed by atoms with Gasteiger partial charge >= 0.3 is 0 Å². The standard InChI is InChI=1S/C17H19ClFNS/c18-14-8-7-13(15(19)10-14)11-20-17(12-4-1-2-5-12)16-6-3-9-21-16/h3,6-10,12,17,20H,1-2,4-5,11H2. The second-order valence-corrected chi connectivity index (χ2v) is 7.07. The second kappa shape index (κ2) is 6.91. The molecule has 0 aliphatic heterocycles. The summed E-state index contributed by atoms with van der Waals surface area (Å²) in [5, 5.41) is 6.13. The Hall–Kier alpha value is -0.900. The summed E-state index contributed by atoms with van der Waals surface area (Å²) in [6.45, 7) is 0.544. The van der Waals surface area contributed by atoms with Crippen LogP contribution in [0.1, 0.15) is 42.2 Å². The van der Waals surface area contributed by atoms with Crippen molar-refractivity contribution in [1.82, 2.24) is 5.32 Å². The summed E-state index contributed by atoms with van der Waals surface area (Å²) < 4.78 is 13.9. The fourth-order valence-electron chi connectivity index (χ4n) is 3.14. The van der Waals surface area contributed by atoms with Crippen LogP contribution in [0.5, 0.6) is 0 Å². The van der Waals surface area contributed by atoms with Crippen molar-refractivity contribution in [2.45, 2.75) is 38.3 Å². The third-order valence-corrected chi connectivity index (χ3v) is 5.44. The number of nitrogens with one attached hydrogen (secondary N) is 1. The predicted octanol–water partition coefficient (Wildman–Crippen LogP) is 5.56. The molecular formula is C17H19ClFNS. The van der Waals surface area contributed by atoms with E-state index in [1.54, 1.807) is 23.5 Å². The van der Waals surface area contributed by atoms with Crippen molar-refractivity contribution in [1.29, 1.82) is 0 Å². The maximum absolute atomic E-state index is 13.9. The zero-order valence-electron chi connectivity index (χ0n) is 11.8. The summed E-state index contributed by atoms with van der Waals surface area (Å²) in [7, 11) is 0. The van der Waals surface area contributed by atoms with Crippen LogP contribution in [-0.2, 0) is 6.54 Å². The topological polar surface area (TPSA) is 12.0 Å². The van der Waals surface area contributed by atoms with E-state index < -0.39 is 0 Å². The number of hydrogen-bond donors (Lipinski definition) is 1. The highest BCUT2D eigenvalue weighted by Crippen LogP contribution is 2.37. The van der Waals surface area contributed by atoms with Crippen LogP contribution in [0.2, 0.25) is 5.02 Å². The zero-order chi connectivity index (χ0) is 14.7. The molecule has 0 radical (unpaired) electrons. The number of benzene rings is 1. The van der Waals surface area contributed by atoms with Gasteiger partial charge in [-0.15, -0.1) is 11.3 Å². The van der Waals surface area contributed by atoms with Gasteiger partial charge in [0, 0.05) is 28.0 Å². The highest BCUT2D eigenvalue weighted by Gasteiger charge is 2.26. The zero-order valence-corrected chi connectivity index (χ0v) is 13.4. The molecule has 1 N–H and O–H groups in total. The minimum Gasteiger partial charge on any atom is -0.305 e. The van der Waals surface area contributed by atoms with Crippen LogP contribution in [0.4, 0.5) is 4.39 Å². The van der Waals surface area contributed by atoms with Crippen LogP contribution in [0.25, 0.3) is 0 Å². The van der Waals surface area contributed by atoms with Gasteiger partial charge in [0.1, 0.15) is 5.82 Å². The van der Waals surface area contributed by atoms with E-state index in [1.807, 2.05) is 0 Å². The third-order valence-electron chi connectivity index (χ3n) is 4.25. The Labute approximate surface area is 134 Å². The third kappa shape index (κ3) is 3.65. The van der Waals surface area contributed by atoms with Crippen LogP contribution in [0.3, 0.4) is 0 Å². The van der Waals surface area contributed by atoms with E-state index >= 15 is 0 Å². The molecule has 0 spiro atoms. The molecule has 1 unspecified atom stereocenters. The van der Waals surface area contributed by atoms with Crippen molar-refractivity contribution in [3.05, 3.63) is 57.0 Å². The first-order chi connectivity index (χ1) is 10.2. The van der Waals surface area contributed by atoms with Gasteiger partial charge in [-0.05, 0) is 42.3 Å². The molecular weight excluding hydrogens is 305 g/mol. The lowest BCUT2D eigenvalue weighted by atomic mass is 9.96. The molecule has 1 aromatic carbocycles. The quantitative estimate of drug-likeness (QED) is 0.759. The van der Waals surface area contributed by atoms with Crippen LogP contribution >= 0.6 is 22.9 Å². The van der Waals surface area contributed by atoms with Crippen LogP contribution in [-0.4, -0.2) is 0 Å². The summed E-state index contributed by atoms with van der Waals surface area (Å²) in [5.41, 5.74) is 0.680. The molecule has 1 fully saturated rings. The minimum absolute atomic E-state index is 0.230. The van der Waals surface area contributed by atoms with Gasteiger partial charge in [0.05, 0.1) is 0 Å². The molecule has 112 valence electrons. The van der Waals surface area contributed by atoms with Gasteiger partial charge in [-0.1, -0.05) is 36.6 Å². The summed E-state index contributed by atoms with van der Waals surface area (Å²) in [4.78, 5) is 1.36. The maximum Gasteiger partial charge on any atom is 0.129 e. The van der Waals surface area contributed by atoms with E-state index in [1.165, 1.54) is 36.6 Å². The van der Waals surface area contributed by atoms with Crippen molar-refractivity contribution < 1.29 is 4.39 Å². The van der Waals surface area contributed by atoms with Crippen LogP contribution in [0.15, 0.2) is 35.7 Å². The van der Waals surface area contributed by atoms with E-state index in [0.717, 1.165) is 0 Å². The normalized spacial score (nSPS) is 17.2. The fraction of sp³-hybridized carbons (Fsp3) is 0.412. The first-order valence-electron chi connectivity index (χ1n) is 7.45. The van der Waals surface area contributed by atoms with E-state index in [2.05, 4.69) is 22.8 Å². The average molecular weight is 324 g/mol. The van der Waals surface area contributed by atoms with Crippen LogP contribution < -0.4 is 5.32 Å². The van der Waals surface area contributed by atoms with Crippen molar-refractivity contribution in [3.63, 3.8) is 0 Å². The smallest absolute Gasteiger partial charge is 0.129 e. The number of rotatable bonds is 5. The van der Waals surface area contributed by atoms with Crippen molar-refractivity contribution >= 4 is 22.9 Å². The van der Waals surface area contributed by atoms with E-state index in [9.17, 15) is 4.39 Å². The highest BCUT2D eigenvalue weighted by molar-refractivity contribution is 7.10. The molecule has 0 saturated heterocycles. The molecule has 4 heteroatoms. The summed E-state index contributed by atoms with van der Waals surface area (Å²) >= 11 is 7.59. The largest absolute Gasteiger partial charge is 0.305 e. The van der Waals surface area contributed by atoms with Gasteiger partial charge in [-0.2, -0.15) is 0 Å². The monoisotopic (exact) mass is 323 g/mol. The SMILES string of the molecule is Fc1cc(Cl)ccc1CNC(c1cccs1)C1CCCC1. The second-order valence-electron chi connectivity index (χ2n) is 5.65. The highest BCUT2D eigenvalue weighted by atomic mass is 35.5. The van der Waals surface area contributed by atoms with Gasteiger partial charge in [0.2, 0.25) is 0 Å². The van der Waals surface area contributed by atoms with Gasteiger partial charge in [0.25, 0.3) is 0 Å². The Morgan fingerprint density at radius 3 is 2.76 bits per heavy atom. The molecule has 21 heavy (non-hydrogen) atoms. The van der Waals surface area contributed by atoms with Crippen molar-refractivity contribution in [3.8, 4) is 0 Å². The number of halogens is 2. The molecule has 1 nitrogen and oxygen atoms in total. The Bertz CT molecular complexity index is 578. The molecule has 1 aliphatic rings. The van der Waals surface area contributed by atoms with Gasteiger partial charge < -0.3 is 5.32 Å². The first kappa shape index (κ1) is 15.0. The fourth-order valence-corrected chi connectivity index (χ4v) is 4.20. The Balaban J connectivity index is 1.72. The average Bonchev–Trinajstić information content (AvgIpc) is 3.14. The molecule has 1 atom stereocenters. The summed E-state index contributed by atoms with van der Waals surface area (Å²) in [5.74, 6) is 0.436. The molecule has 2 aromatic rings. The van der Waals surface area contributed by atoms with Gasteiger partial charge in [0.15, 0.2) is 0 Å². The van der Waals surface area contributed by atoms with E-state index in [4.69, 9.17) is 11.6 Å². The molecule has 0 bridgehead atoms. The first-order valence-corrected chi connectivity index (χ1v) is 8.70. The Morgan fingerprint density at radius 2 is 2.10 bits per heavy atom. The number of hydrogen-bond acceptors (Lipinski definition) is 2. The molecule has 1 aliphatic carbocycles. The van der Waals surface area contributed by atoms with Gasteiger partial charge in [-0.3, -0.25) is 0 Å². The predicted molar refractivity (Wildman–Crippen MR) is 87.3 cm³/mol. The lowest BCUT2D eigenvalue weighted by Gasteiger charge is -2.24. The van der Waals surface area contributed by atoms with Crippen LogP contribution in [0, 0.1) is 11.7 Å². The van der Waals surface area contributed by atoms with Crippen molar-refractivity contribution in [2.75, 3.05) is 0 Å². The Kier molecular flexibility index (Phi) is 4.94. The minimum atomic E-state index is -0.230. The Morgan fingerprint density at radius 1 is 1.29 bits per heavy atom. The molecule has 1 saturated carbocycles. The summed E-state index contributed by atoms with van der Waals surface area (Å²) in [6.07, 6.45) is 5.14. The lowest BCUT2D eigenvalue weighted by molar-refractivity contribution is 0.368. The molecule has 1 heterocycles. The number of thiophene rings is 1. The van der Waals surface area contributed by atoms with Crippen molar-refractivity contribution in [2.24, 2.45) is 5.92 Å². The summed E-state index contributed by atoms with van der Waals surface area (Å²) in [6, 6.07) is 9.50. The molecule has 0 amide bonds. The maximum atomic E-state index is 13.9.